The molecule has 1 aromatic rings. The molecule has 0 saturated carbocycles. The summed E-state index contributed by atoms with van der Waals surface area (Å²) in [6, 6.07) is 1.63. The molecule has 1 unspecified atom stereocenters. The minimum absolute atomic E-state index is 0.176. The van der Waals surface area contributed by atoms with E-state index < -0.39 is 0 Å². The fourth-order valence-electron chi connectivity index (χ4n) is 1.75. The minimum Gasteiger partial charge on any atom is -0.360 e. The zero-order valence-electron chi connectivity index (χ0n) is 11.5. The molecule has 5 heteroatoms. The van der Waals surface area contributed by atoms with E-state index in [0.717, 1.165) is 12.8 Å². The van der Waals surface area contributed by atoms with Crippen LogP contribution in [0.5, 0.6) is 0 Å². The molecule has 0 aliphatic carbocycles. The van der Waals surface area contributed by atoms with E-state index in [9.17, 15) is 4.79 Å². The molecule has 0 aliphatic heterocycles. The molecule has 0 saturated heterocycles. The molecule has 5 nitrogen and oxygen atoms in total. The van der Waals surface area contributed by atoms with Crippen molar-refractivity contribution in [3.63, 3.8) is 0 Å². The van der Waals surface area contributed by atoms with E-state index in [2.05, 4.69) is 22.7 Å². The Morgan fingerprint density at radius 1 is 1.44 bits per heavy atom. The quantitative estimate of drug-likeness (QED) is 0.731. The number of aryl methyl sites for hydroxylation is 1. The standard InChI is InChI=1S/C13H23N3O2/c1-4-5-6-7-8-10(2)14-13(17)15-12-9-11(3)18-16-12/h9-10H,4-8H2,1-3H3,(H2,14,15,16,17). The van der Waals surface area contributed by atoms with Gasteiger partial charge in [-0.25, -0.2) is 4.79 Å². The number of nitrogens with zero attached hydrogens (tertiary/aromatic N) is 1. The number of aromatic nitrogens is 1. The third-order valence-electron chi connectivity index (χ3n) is 2.74. The molecule has 1 aromatic heterocycles. The zero-order chi connectivity index (χ0) is 13.4. The Kier molecular flexibility index (Phi) is 6.25. The van der Waals surface area contributed by atoms with Crippen LogP contribution in [0.15, 0.2) is 10.6 Å². The van der Waals surface area contributed by atoms with Gasteiger partial charge < -0.3 is 9.84 Å². The van der Waals surface area contributed by atoms with Gasteiger partial charge in [0.1, 0.15) is 5.76 Å². The molecule has 1 rings (SSSR count). The zero-order valence-corrected chi connectivity index (χ0v) is 11.5. The van der Waals surface area contributed by atoms with Gasteiger partial charge in [-0.05, 0) is 20.3 Å². The van der Waals surface area contributed by atoms with E-state index in [1.165, 1.54) is 19.3 Å². The smallest absolute Gasteiger partial charge is 0.320 e. The van der Waals surface area contributed by atoms with Gasteiger partial charge in [0.2, 0.25) is 0 Å². The number of anilines is 1. The number of unbranched alkanes of at least 4 members (excludes halogenated alkanes) is 3. The van der Waals surface area contributed by atoms with Gasteiger partial charge in [0.25, 0.3) is 0 Å². The third kappa shape index (κ3) is 5.70. The first-order valence-electron chi connectivity index (χ1n) is 6.62. The van der Waals surface area contributed by atoms with Crippen molar-refractivity contribution in [2.45, 2.75) is 58.9 Å². The van der Waals surface area contributed by atoms with E-state index in [1.807, 2.05) is 6.92 Å². The number of urea groups is 1. The lowest BCUT2D eigenvalue weighted by atomic mass is 10.1. The molecule has 0 aromatic carbocycles. The highest BCUT2D eigenvalue weighted by Gasteiger charge is 2.09. The molecular formula is C13H23N3O2. The molecule has 102 valence electrons. The fourth-order valence-corrected chi connectivity index (χ4v) is 1.75. The normalized spacial score (nSPS) is 12.2. The van der Waals surface area contributed by atoms with E-state index >= 15 is 0 Å². The fraction of sp³-hybridized carbons (Fsp3) is 0.692. The average molecular weight is 253 g/mol. The first kappa shape index (κ1) is 14.5. The van der Waals surface area contributed by atoms with Gasteiger partial charge in [-0.3, -0.25) is 5.32 Å². The first-order chi connectivity index (χ1) is 8.61. The number of rotatable bonds is 7. The number of nitrogens with one attached hydrogen (secondary N) is 2. The Hall–Kier alpha value is -1.52. The van der Waals surface area contributed by atoms with Crippen LogP contribution in [-0.2, 0) is 0 Å². The SMILES string of the molecule is CCCCCCC(C)NC(=O)Nc1cc(C)on1. The van der Waals surface area contributed by atoms with Crippen molar-refractivity contribution < 1.29 is 9.32 Å². The summed E-state index contributed by atoms with van der Waals surface area (Å²) in [7, 11) is 0. The van der Waals surface area contributed by atoms with Crippen LogP contribution in [0.25, 0.3) is 0 Å². The van der Waals surface area contributed by atoms with Crippen molar-refractivity contribution in [2.75, 3.05) is 5.32 Å². The second-order valence-corrected chi connectivity index (χ2v) is 4.67. The monoisotopic (exact) mass is 253 g/mol. The Bertz CT molecular complexity index is 363. The Labute approximate surface area is 108 Å². The van der Waals surface area contributed by atoms with Crippen molar-refractivity contribution in [1.82, 2.24) is 10.5 Å². The van der Waals surface area contributed by atoms with Crippen LogP contribution in [-0.4, -0.2) is 17.2 Å². The molecule has 2 amide bonds. The number of carbonyl (C=O) groups excluding carboxylic acids is 1. The summed E-state index contributed by atoms with van der Waals surface area (Å²) in [4.78, 5) is 11.6. The second kappa shape index (κ2) is 7.74. The number of hydrogen-bond donors (Lipinski definition) is 2. The van der Waals surface area contributed by atoms with Gasteiger partial charge in [0.15, 0.2) is 5.82 Å². The maximum absolute atomic E-state index is 11.6. The molecule has 0 spiro atoms. The highest BCUT2D eigenvalue weighted by Crippen LogP contribution is 2.08. The van der Waals surface area contributed by atoms with Gasteiger partial charge in [-0.2, -0.15) is 0 Å². The molecular weight excluding hydrogens is 230 g/mol. The topological polar surface area (TPSA) is 67.2 Å². The molecule has 2 N–H and O–H groups in total. The van der Waals surface area contributed by atoms with E-state index in [0.29, 0.717) is 11.6 Å². The van der Waals surface area contributed by atoms with Gasteiger partial charge in [-0.1, -0.05) is 37.8 Å². The summed E-state index contributed by atoms with van der Waals surface area (Å²) >= 11 is 0. The van der Waals surface area contributed by atoms with Gasteiger partial charge in [0, 0.05) is 12.1 Å². The summed E-state index contributed by atoms with van der Waals surface area (Å²) in [6.45, 7) is 5.99. The lowest BCUT2D eigenvalue weighted by Crippen LogP contribution is -2.36. The van der Waals surface area contributed by atoms with Crippen LogP contribution in [0, 0.1) is 6.92 Å². The maximum atomic E-state index is 11.6. The van der Waals surface area contributed by atoms with E-state index in [4.69, 9.17) is 4.52 Å². The highest BCUT2D eigenvalue weighted by molar-refractivity contribution is 5.88. The van der Waals surface area contributed by atoms with Crippen molar-refractivity contribution in [1.29, 1.82) is 0 Å². The summed E-state index contributed by atoms with van der Waals surface area (Å²) in [5.74, 6) is 1.13. The summed E-state index contributed by atoms with van der Waals surface area (Å²) in [5, 5.41) is 9.23. The highest BCUT2D eigenvalue weighted by atomic mass is 16.5. The first-order valence-corrected chi connectivity index (χ1v) is 6.62. The Balaban J connectivity index is 2.19. The number of carbonyl (C=O) groups is 1. The summed E-state index contributed by atoms with van der Waals surface area (Å²) in [6.07, 6.45) is 5.88. The van der Waals surface area contributed by atoms with Crippen LogP contribution in [0.3, 0.4) is 0 Å². The lowest BCUT2D eigenvalue weighted by Gasteiger charge is -2.13. The molecule has 1 atom stereocenters. The van der Waals surface area contributed by atoms with Gasteiger partial charge in [0.05, 0.1) is 0 Å². The average Bonchev–Trinajstić information content (AvgIpc) is 2.70. The van der Waals surface area contributed by atoms with Crippen molar-refractivity contribution in [3.05, 3.63) is 11.8 Å². The van der Waals surface area contributed by atoms with Crippen LogP contribution < -0.4 is 10.6 Å². The van der Waals surface area contributed by atoms with Gasteiger partial charge in [-0.15, -0.1) is 0 Å². The molecule has 18 heavy (non-hydrogen) atoms. The molecule has 0 aliphatic rings. The lowest BCUT2D eigenvalue weighted by molar-refractivity contribution is 0.248. The predicted octanol–water partition coefficient (Wildman–Crippen LogP) is 3.46. The molecule has 0 bridgehead atoms. The largest absolute Gasteiger partial charge is 0.360 e. The van der Waals surface area contributed by atoms with Crippen LogP contribution in [0.4, 0.5) is 10.6 Å². The third-order valence-corrected chi connectivity index (χ3v) is 2.74. The molecule has 0 fully saturated rings. The van der Waals surface area contributed by atoms with Crippen LogP contribution in [0.1, 0.15) is 51.7 Å². The Morgan fingerprint density at radius 2 is 2.22 bits per heavy atom. The molecule has 0 radical (unpaired) electrons. The van der Waals surface area contributed by atoms with Crippen molar-refractivity contribution in [2.24, 2.45) is 0 Å². The van der Waals surface area contributed by atoms with Crippen molar-refractivity contribution in [3.8, 4) is 0 Å². The van der Waals surface area contributed by atoms with Crippen LogP contribution in [0.2, 0.25) is 0 Å². The minimum atomic E-state index is -0.230. The van der Waals surface area contributed by atoms with Gasteiger partial charge >= 0.3 is 6.03 Å². The summed E-state index contributed by atoms with van der Waals surface area (Å²) in [5.41, 5.74) is 0. The van der Waals surface area contributed by atoms with E-state index in [1.54, 1.807) is 13.0 Å². The number of amides is 2. The van der Waals surface area contributed by atoms with Crippen LogP contribution >= 0.6 is 0 Å². The van der Waals surface area contributed by atoms with Crippen molar-refractivity contribution >= 4 is 11.8 Å². The van der Waals surface area contributed by atoms with E-state index in [-0.39, 0.29) is 12.1 Å². The second-order valence-electron chi connectivity index (χ2n) is 4.67. The molecule has 1 heterocycles. The summed E-state index contributed by atoms with van der Waals surface area (Å²) < 4.78 is 4.87. The number of hydrogen-bond acceptors (Lipinski definition) is 3. The Morgan fingerprint density at radius 3 is 2.83 bits per heavy atom. The predicted molar refractivity (Wildman–Crippen MR) is 71.6 cm³/mol. The maximum Gasteiger partial charge on any atom is 0.320 e.